The van der Waals surface area contributed by atoms with Gasteiger partial charge in [-0.15, -0.1) is 0 Å². The van der Waals surface area contributed by atoms with E-state index in [1.165, 1.54) is 4.90 Å². The standard InChI is InChI=1S/C30H28N2O3/c33-29(28(26-12-6-2-7-13-26)27-14-8-3-9-15-27)31-20-23-16-18-25(19-17-23)22-32(30(34)35)21-24-10-4-1-5-11-24/h1-19,28H,20-22H2,(H,31,33)(H,34,35). The summed E-state index contributed by atoms with van der Waals surface area (Å²) < 4.78 is 0. The minimum Gasteiger partial charge on any atom is -0.465 e. The van der Waals surface area contributed by atoms with Crippen LogP contribution in [0.25, 0.3) is 0 Å². The van der Waals surface area contributed by atoms with Crippen molar-refractivity contribution in [3.63, 3.8) is 0 Å². The van der Waals surface area contributed by atoms with Crippen LogP contribution in [0.4, 0.5) is 4.79 Å². The molecule has 2 amide bonds. The van der Waals surface area contributed by atoms with E-state index in [1.54, 1.807) is 0 Å². The largest absolute Gasteiger partial charge is 0.465 e. The average Bonchev–Trinajstić information content (AvgIpc) is 2.90. The summed E-state index contributed by atoms with van der Waals surface area (Å²) in [5.41, 5.74) is 4.68. The summed E-state index contributed by atoms with van der Waals surface area (Å²) >= 11 is 0. The van der Waals surface area contributed by atoms with Gasteiger partial charge in [-0.3, -0.25) is 9.69 Å². The molecule has 0 unspecified atom stereocenters. The Morgan fingerprint density at radius 1 is 0.629 bits per heavy atom. The first-order valence-electron chi connectivity index (χ1n) is 11.6. The third kappa shape index (κ3) is 6.58. The van der Waals surface area contributed by atoms with Gasteiger partial charge in [0.15, 0.2) is 0 Å². The van der Waals surface area contributed by atoms with E-state index in [0.29, 0.717) is 19.6 Å². The zero-order chi connectivity index (χ0) is 24.5. The maximum Gasteiger partial charge on any atom is 0.407 e. The summed E-state index contributed by atoms with van der Waals surface area (Å²) in [6.45, 7) is 1.01. The van der Waals surface area contributed by atoms with E-state index in [9.17, 15) is 14.7 Å². The molecule has 0 aliphatic rings. The second-order valence-corrected chi connectivity index (χ2v) is 8.41. The van der Waals surface area contributed by atoms with Crippen LogP contribution in [0.2, 0.25) is 0 Å². The van der Waals surface area contributed by atoms with Gasteiger partial charge in [0.05, 0.1) is 5.92 Å². The lowest BCUT2D eigenvalue weighted by Gasteiger charge is -2.20. The first-order valence-corrected chi connectivity index (χ1v) is 11.6. The molecule has 4 aromatic carbocycles. The van der Waals surface area contributed by atoms with Crippen molar-refractivity contribution in [2.24, 2.45) is 0 Å². The van der Waals surface area contributed by atoms with Gasteiger partial charge in [0.2, 0.25) is 5.91 Å². The van der Waals surface area contributed by atoms with Crippen molar-refractivity contribution in [3.05, 3.63) is 143 Å². The molecule has 4 rings (SSSR count). The van der Waals surface area contributed by atoms with Crippen molar-refractivity contribution in [1.82, 2.24) is 10.2 Å². The van der Waals surface area contributed by atoms with E-state index in [2.05, 4.69) is 5.32 Å². The summed E-state index contributed by atoms with van der Waals surface area (Å²) in [6.07, 6.45) is -0.960. The topological polar surface area (TPSA) is 69.6 Å². The van der Waals surface area contributed by atoms with E-state index in [0.717, 1.165) is 27.8 Å². The smallest absolute Gasteiger partial charge is 0.407 e. The third-order valence-electron chi connectivity index (χ3n) is 5.88. The van der Waals surface area contributed by atoms with E-state index in [-0.39, 0.29) is 5.91 Å². The number of carbonyl (C=O) groups is 2. The molecule has 176 valence electrons. The van der Waals surface area contributed by atoms with Crippen molar-refractivity contribution in [1.29, 1.82) is 0 Å². The van der Waals surface area contributed by atoms with Gasteiger partial charge in [-0.25, -0.2) is 4.79 Å². The van der Waals surface area contributed by atoms with Crippen LogP contribution in [0.1, 0.15) is 33.7 Å². The van der Waals surface area contributed by atoms with Gasteiger partial charge in [-0.2, -0.15) is 0 Å². The summed E-state index contributed by atoms with van der Waals surface area (Å²) in [7, 11) is 0. The number of hydrogen-bond donors (Lipinski definition) is 2. The molecule has 0 aliphatic carbocycles. The SMILES string of the molecule is O=C(NCc1ccc(CN(Cc2ccccc2)C(=O)O)cc1)C(c1ccccc1)c1ccccc1. The molecule has 0 spiro atoms. The fraction of sp³-hybridized carbons (Fsp3) is 0.133. The number of nitrogens with zero attached hydrogens (tertiary/aromatic N) is 1. The lowest BCUT2D eigenvalue weighted by molar-refractivity contribution is -0.121. The van der Waals surface area contributed by atoms with E-state index < -0.39 is 12.0 Å². The number of amides is 2. The van der Waals surface area contributed by atoms with Gasteiger partial charge in [-0.1, -0.05) is 115 Å². The number of hydrogen-bond acceptors (Lipinski definition) is 2. The van der Waals surface area contributed by atoms with Crippen LogP contribution in [0, 0.1) is 0 Å². The number of carboxylic acid groups (broad SMARTS) is 1. The van der Waals surface area contributed by atoms with Crippen molar-refractivity contribution in [2.75, 3.05) is 0 Å². The van der Waals surface area contributed by atoms with E-state index >= 15 is 0 Å². The number of nitrogens with one attached hydrogen (secondary N) is 1. The number of benzene rings is 4. The zero-order valence-electron chi connectivity index (χ0n) is 19.4. The molecule has 0 atom stereocenters. The Bertz CT molecular complexity index is 1190. The second kappa shape index (κ2) is 11.7. The molecule has 0 aliphatic heterocycles. The first-order chi connectivity index (χ1) is 17.1. The molecule has 0 aromatic heterocycles. The maximum absolute atomic E-state index is 13.2. The molecule has 5 heteroatoms. The van der Waals surface area contributed by atoms with Crippen LogP contribution < -0.4 is 5.32 Å². The Morgan fingerprint density at radius 2 is 1.06 bits per heavy atom. The zero-order valence-corrected chi connectivity index (χ0v) is 19.4. The molecule has 35 heavy (non-hydrogen) atoms. The highest BCUT2D eigenvalue weighted by Crippen LogP contribution is 2.25. The maximum atomic E-state index is 13.2. The van der Waals surface area contributed by atoms with Crippen LogP contribution >= 0.6 is 0 Å². The van der Waals surface area contributed by atoms with Gasteiger partial charge < -0.3 is 10.4 Å². The summed E-state index contributed by atoms with van der Waals surface area (Å²) in [6, 6.07) is 36.7. The molecule has 0 radical (unpaired) electrons. The van der Waals surface area contributed by atoms with E-state index in [4.69, 9.17) is 0 Å². The van der Waals surface area contributed by atoms with E-state index in [1.807, 2.05) is 115 Å². The van der Waals surface area contributed by atoms with Crippen LogP contribution in [0.15, 0.2) is 115 Å². The predicted octanol–water partition coefficient (Wildman–Crippen LogP) is 5.82. The van der Waals surface area contributed by atoms with Gasteiger partial charge in [0, 0.05) is 19.6 Å². The number of rotatable bonds is 9. The highest BCUT2D eigenvalue weighted by atomic mass is 16.4. The molecule has 2 N–H and O–H groups in total. The second-order valence-electron chi connectivity index (χ2n) is 8.41. The van der Waals surface area contributed by atoms with Gasteiger partial charge in [0.1, 0.15) is 0 Å². The monoisotopic (exact) mass is 464 g/mol. The minimum atomic E-state index is -0.960. The van der Waals surface area contributed by atoms with Crippen molar-refractivity contribution >= 4 is 12.0 Å². The molecule has 0 heterocycles. The van der Waals surface area contributed by atoms with Crippen molar-refractivity contribution in [3.8, 4) is 0 Å². The molecule has 0 fully saturated rings. The Hall–Kier alpha value is -4.38. The molecular weight excluding hydrogens is 436 g/mol. The average molecular weight is 465 g/mol. The summed E-state index contributed by atoms with van der Waals surface area (Å²) in [4.78, 5) is 26.3. The van der Waals surface area contributed by atoms with Crippen LogP contribution in [0.5, 0.6) is 0 Å². The lowest BCUT2D eigenvalue weighted by atomic mass is 9.90. The molecular formula is C30H28N2O3. The minimum absolute atomic E-state index is 0.0635. The van der Waals surface area contributed by atoms with Crippen LogP contribution in [-0.4, -0.2) is 22.0 Å². The fourth-order valence-corrected chi connectivity index (χ4v) is 4.06. The summed E-state index contributed by atoms with van der Waals surface area (Å²) in [5.74, 6) is -0.454. The first kappa shape index (κ1) is 23.8. The van der Waals surface area contributed by atoms with Crippen LogP contribution in [0.3, 0.4) is 0 Å². The Kier molecular flexibility index (Phi) is 7.92. The molecule has 0 bridgehead atoms. The van der Waals surface area contributed by atoms with Crippen molar-refractivity contribution in [2.45, 2.75) is 25.6 Å². The Labute approximate surface area is 205 Å². The van der Waals surface area contributed by atoms with Crippen LogP contribution in [-0.2, 0) is 24.4 Å². The number of carbonyl (C=O) groups excluding carboxylic acids is 1. The predicted molar refractivity (Wildman–Crippen MR) is 137 cm³/mol. The molecule has 0 saturated heterocycles. The lowest BCUT2D eigenvalue weighted by Crippen LogP contribution is -2.29. The Morgan fingerprint density at radius 3 is 1.54 bits per heavy atom. The fourth-order valence-electron chi connectivity index (χ4n) is 4.06. The normalized spacial score (nSPS) is 10.7. The molecule has 0 saturated carbocycles. The highest BCUT2D eigenvalue weighted by molar-refractivity contribution is 5.87. The molecule has 4 aromatic rings. The highest BCUT2D eigenvalue weighted by Gasteiger charge is 2.22. The summed E-state index contributed by atoms with van der Waals surface area (Å²) in [5, 5.41) is 12.7. The third-order valence-corrected chi connectivity index (χ3v) is 5.88. The quantitative estimate of drug-likeness (QED) is 0.328. The Balaban J connectivity index is 1.40. The molecule has 5 nitrogen and oxygen atoms in total. The van der Waals surface area contributed by atoms with Crippen molar-refractivity contribution < 1.29 is 14.7 Å². The van der Waals surface area contributed by atoms with Gasteiger partial charge in [0.25, 0.3) is 0 Å². The van der Waals surface area contributed by atoms with Gasteiger partial charge >= 0.3 is 6.09 Å². The van der Waals surface area contributed by atoms with Gasteiger partial charge in [-0.05, 0) is 27.8 Å².